The first kappa shape index (κ1) is 34.8. The molecular weight excluding hydrogens is 568 g/mol. The molecule has 4 nitrogen and oxygen atoms in total. The summed E-state index contributed by atoms with van der Waals surface area (Å²) in [7, 11) is 0. The number of alkyl halides is 3. The Morgan fingerprint density at radius 3 is 1.59 bits per heavy atom. The van der Waals surface area contributed by atoms with Gasteiger partial charge in [0.1, 0.15) is 5.82 Å². The lowest BCUT2D eigenvalue weighted by Gasteiger charge is -2.23. The van der Waals surface area contributed by atoms with Crippen LogP contribution in [0.25, 0.3) is 0 Å². The third-order valence-electron chi connectivity index (χ3n) is 6.61. The second kappa shape index (κ2) is 13.3. The lowest BCUT2D eigenvalue weighted by atomic mass is 9.84. The summed E-state index contributed by atoms with van der Waals surface area (Å²) in [6.07, 6.45) is 5.26. The molecule has 0 aliphatic heterocycles. The van der Waals surface area contributed by atoms with Crippen LogP contribution in [0.4, 0.5) is 19.0 Å². The highest BCUT2D eigenvalue weighted by Gasteiger charge is 2.36. The molecular formula is C32H43Cl2F3N4. The Hall–Kier alpha value is -2.38. The number of rotatable bonds is 2. The van der Waals surface area contributed by atoms with Gasteiger partial charge in [-0.25, -0.2) is 4.98 Å². The largest absolute Gasteiger partial charge is 0.418 e. The Balaban J connectivity index is 0.000000217. The zero-order valence-corrected chi connectivity index (χ0v) is 27.1. The van der Waals surface area contributed by atoms with Gasteiger partial charge in [0.25, 0.3) is 0 Å². The molecule has 3 heterocycles. The van der Waals surface area contributed by atoms with E-state index in [1.807, 2.05) is 18.3 Å². The van der Waals surface area contributed by atoms with Crippen LogP contribution in [0.5, 0.6) is 0 Å². The van der Waals surface area contributed by atoms with Gasteiger partial charge in [0.05, 0.1) is 21.3 Å². The highest BCUT2D eigenvalue weighted by Crippen LogP contribution is 2.38. The van der Waals surface area contributed by atoms with E-state index in [4.69, 9.17) is 28.9 Å². The maximum atomic E-state index is 12.5. The Morgan fingerprint density at radius 2 is 1.17 bits per heavy atom. The van der Waals surface area contributed by atoms with Crippen LogP contribution in [0.3, 0.4) is 0 Å². The highest BCUT2D eigenvalue weighted by molar-refractivity contribution is 6.33. The Morgan fingerprint density at radius 1 is 0.707 bits per heavy atom. The summed E-state index contributed by atoms with van der Waals surface area (Å²) in [5, 5.41) is 1.46. The van der Waals surface area contributed by atoms with Gasteiger partial charge in [-0.05, 0) is 76.3 Å². The van der Waals surface area contributed by atoms with Crippen molar-refractivity contribution < 1.29 is 13.2 Å². The van der Waals surface area contributed by atoms with Crippen LogP contribution in [-0.4, -0.2) is 15.0 Å². The minimum atomic E-state index is -4.32. The SMILES string of the molecule is CC(C)(C)c1ccnc(CC2CC2)c1Cl.CC(C)(C)c1ccnc(N)c1Cl.CC(C)(C)c1ccncc1C(F)(F)F. The number of halogens is 5. The summed E-state index contributed by atoms with van der Waals surface area (Å²) < 4.78 is 37.6. The van der Waals surface area contributed by atoms with Gasteiger partial charge in [-0.3, -0.25) is 9.97 Å². The molecule has 1 aliphatic rings. The fourth-order valence-corrected chi connectivity index (χ4v) is 4.99. The van der Waals surface area contributed by atoms with E-state index in [-0.39, 0.29) is 16.4 Å². The zero-order chi connectivity index (χ0) is 31.4. The van der Waals surface area contributed by atoms with E-state index in [1.54, 1.807) is 27.0 Å². The Kier molecular flexibility index (Phi) is 11.3. The van der Waals surface area contributed by atoms with Crippen molar-refractivity contribution in [3.05, 3.63) is 81.0 Å². The van der Waals surface area contributed by atoms with Gasteiger partial charge in [0.15, 0.2) is 0 Å². The maximum absolute atomic E-state index is 12.5. The average molecular weight is 612 g/mol. The lowest BCUT2D eigenvalue weighted by molar-refractivity contribution is -0.138. The van der Waals surface area contributed by atoms with Crippen molar-refractivity contribution in [3.8, 4) is 0 Å². The van der Waals surface area contributed by atoms with Crippen LogP contribution in [0.1, 0.15) is 103 Å². The first-order valence-corrected chi connectivity index (χ1v) is 14.5. The van der Waals surface area contributed by atoms with Gasteiger partial charge in [-0.1, -0.05) is 85.5 Å². The standard InChI is InChI=1S/C13H18ClN.C10H12F3N.C9H13ClN2/c1-13(2,3)10-6-7-15-11(12(10)14)8-9-4-5-9;1-9(2,3)7-4-5-14-6-8(7)10(11,12)13;1-9(2,3)6-4-5-12-8(11)7(6)10/h6-7,9H,4-5,8H2,1-3H3;4-6H,1-3H3;4-5H,1-3H3,(H2,11,12). The van der Waals surface area contributed by atoms with E-state index in [1.165, 1.54) is 30.7 Å². The van der Waals surface area contributed by atoms with Crippen molar-refractivity contribution in [2.45, 2.75) is 104 Å². The third kappa shape index (κ3) is 10.4. The smallest absolute Gasteiger partial charge is 0.382 e. The molecule has 0 radical (unpaired) electrons. The normalized spacial score (nSPS) is 14.0. The summed E-state index contributed by atoms with van der Waals surface area (Å²) in [6.45, 7) is 18.1. The van der Waals surface area contributed by atoms with E-state index in [9.17, 15) is 13.2 Å². The number of pyridine rings is 3. The molecule has 0 atom stereocenters. The van der Waals surface area contributed by atoms with E-state index in [2.05, 4.69) is 56.5 Å². The fraction of sp³-hybridized carbons (Fsp3) is 0.531. The second-order valence-corrected chi connectivity index (χ2v) is 14.2. The van der Waals surface area contributed by atoms with Gasteiger partial charge in [-0.15, -0.1) is 0 Å². The van der Waals surface area contributed by atoms with Gasteiger partial charge in [0.2, 0.25) is 0 Å². The number of hydrogen-bond donors (Lipinski definition) is 1. The van der Waals surface area contributed by atoms with E-state index in [0.29, 0.717) is 10.8 Å². The topological polar surface area (TPSA) is 64.7 Å². The maximum Gasteiger partial charge on any atom is 0.418 e. The van der Waals surface area contributed by atoms with Crippen molar-refractivity contribution in [2.75, 3.05) is 5.73 Å². The molecule has 4 rings (SSSR count). The van der Waals surface area contributed by atoms with Crippen LogP contribution < -0.4 is 5.73 Å². The van der Waals surface area contributed by atoms with Crippen LogP contribution in [0.2, 0.25) is 10.0 Å². The molecule has 0 spiro atoms. The number of nitrogens with zero attached hydrogens (tertiary/aromatic N) is 3. The molecule has 1 aliphatic carbocycles. The number of nitrogen functional groups attached to an aromatic ring is 1. The van der Waals surface area contributed by atoms with Crippen LogP contribution in [-0.2, 0) is 28.8 Å². The molecule has 0 unspecified atom stereocenters. The van der Waals surface area contributed by atoms with Crippen LogP contribution >= 0.6 is 23.2 Å². The van der Waals surface area contributed by atoms with Crippen molar-refractivity contribution in [2.24, 2.45) is 5.92 Å². The number of anilines is 1. The molecule has 1 saturated carbocycles. The van der Waals surface area contributed by atoms with Gasteiger partial charge in [-0.2, -0.15) is 13.2 Å². The Labute approximate surface area is 253 Å². The van der Waals surface area contributed by atoms with E-state index >= 15 is 0 Å². The van der Waals surface area contributed by atoms with Crippen molar-refractivity contribution in [1.29, 1.82) is 0 Å². The van der Waals surface area contributed by atoms with E-state index in [0.717, 1.165) is 34.8 Å². The van der Waals surface area contributed by atoms with Crippen LogP contribution in [0, 0.1) is 5.92 Å². The minimum Gasteiger partial charge on any atom is -0.382 e. The summed E-state index contributed by atoms with van der Waals surface area (Å²) in [6, 6.07) is 5.36. The highest BCUT2D eigenvalue weighted by atomic mass is 35.5. The van der Waals surface area contributed by atoms with Crippen LogP contribution in [0.15, 0.2) is 43.0 Å². The number of aromatic nitrogens is 3. The quantitative estimate of drug-likeness (QED) is 0.313. The predicted molar refractivity (Wildman–Crippen MR) is 165 cm³/mol. The lowest BCUT2D eigenvalue weighted by Crippen LogP contribution is -2.19. The van der Waals surface area contributed by atoms with Crippen molar-refractivity contribution in [1.82, 2.24) is 15.0 Å². The van der Waals surface area contributed by atoms with E-state index < -0.39 is 17.2 Å². The van der Waals surface area contributed by atoms with Gasteiger partial charge >= 0.3 is 6.18 Å². The number of hydrogen-bond acceptors (Lipinski definition) is 4. The third-order valence-corrected chi connectivity index (χ3v) is 7.43. The molecule has 1 fully saturated rings. The fourth-order valence-electron chi connectivity index (χ4n) is 4.12. The molecule has 3 aromatic heterocycles. The summed E-state index contributed by atoms with van der Waals surface area (Å²) >= 11 is 12.4. The first-order valence-electron chi connectivity index (χ1n) is 13.7. The number of nitrogens with two attached hydrogens (primary N) is 1. The predicted octanol–water partition coefficient (Wildman–Crippen LogP) is 10.00. The molecule has 3 aromatic rings. The summed E-state index contributed by atoms with van der Waals surface area (Å²) in [5.74, 6) is 1.24. The molecule has 0 aromatic carbocycles. The molecule has 41 heavy (non-hydrogen) atoms. The molecule has 0 bridgehead atoms. The molecule has 9 heteroatoms. The summed E-state index contributed by atoms with van der Waals surface area (Å²) in [5.41, 5.74) is 8.16. The van der Waals surface area contributed by atoms with Crippen molar-refractivity contribution >= 4 is 29.0 Å². The van der Waals surface area contributed by atoms with Crippen molar-refractivity contribution in [3.63, 3.8) is 0 Å². The molecule has 226 valence electrons. The molecule has 0 saturated heterocycles. The Bertz CT molecular complexity index is 1270. The summed E-state index contributed by atoms with van der Waals surface area (Å²) in [4.78, 5) is 11.8. The van der Waals surface area contributed by atoms with Gasteiger partial charge < -0.3 is 5.73 Å². The minimum absolute atomic E-state index is 0.0220. The average Bonchev–Trinajstić information content (AvgIpc) is 3.65. The second-order valence-electron chi connectivity index (χ2n) is 13.5. The monoisotopic (exact) mass is 610 g/mol. The first-order chi connectivity index (χ1) is 18.6. The molecule has 2 N–H and O–H groups in total. The van der Waals surface area contributed by atoms with Gasteiger partial charge in [0, 0.05) is 24.8 Å². The molecule has 0 amide bonds. The zero-order valence-electron chi connectivity index (χ0n) is 25.5.